The summed E-state index contributed by atoms with van der Waals surface area (Å²) in [6.07, 6.45) is 4.06. The lowest BCUT2D eigenvalue weighted by Gasteiger charge is -2.39. The van der Waals surface area contributed by atoms with Crippen LogP contribution in [0.1, 0.15) is 72.2 Å². The van der Waals surface area contributed by atoms with Gasteiger partial charge in [0.25, 0.3) is 0 Å². The van der Waals surface area contributed by atoms with E-state index < -0.39 is 5.41 Å². The van der Waals surface area contributed by atoms with E-state index in [2.05, 4.69) is 42.9 Å². The molecule has 0 aromatic carbocycles. The molecule has 2 heterocycles. The maximum Gasteiger partial charge on any atom is 0.225 e. The molecule has 3 atom stereocenters. The van der Waals surface area contributed by atoms with E-state index in [1.54, 1.807) is 0 Å². The van der Waals surface area contributed by atoms with Crippen molar-refractivity contribution in [3.8, 4) is 0 Å². The quantitative estimate of drug-likeness (QED) is 0.860. The fraction of sp³-hybridized carbons (Fsp3) is 0.762. The summed E-state index contributed by atoms with van der Waals surface area (Å²) < 4.78 is 5.83. The third-order valence-electron chi connectivity index (χ3n) is 5.35. The number of hydrogen-bond donors (Lipinski definition) is 1. The Kier molecular flexibility index (Phi) is 5.23. The van der Waals surface area contributed by atoms with Gasteiger partial charge in [0, 0.05) is 30.3 Å². The fourth-order valence-electron chi connectivity index (χ4n) is 4.03. The van der Waals surface area contributed by atoms with Crippen molar-refractivity contribution in [2.24, 2.45) is 10.8 Å². The second-order valence-electron chi connectivity index (χ2n) is 10.1. The summed E-state index contributed by atoms with van der Waals surface area (Å²) >= 11 is 0. The van der Waals surface area contributed by atoms with Gasteiger partial charge in [-0.1, -0.05) is 34.6 Å². The summed E-state index contributed by atoms with van der Waals surface area (Å²) in [6.45, 7) is 16.1. The minimum Gasteiger partial charge on any atom is -0.372 e. The number of fused-ring (bicyclic) bond motifs is 1. The molecule has 150 valence electrons. The van der Waals surface area contributed by atoms with Crippen LogP contribution in [0.25, 0.3) is 0 Å². The van der Waals surface area contributed by atoms with Gasteiger partial charge in [-0.2, -0.15) is 0 Å². The van der Waals surface area contributed by atoms with E-state index in [0.717, 1.165) is 43.1 Å². The minimum atomic E-state index is -0.414. The van der Waals surface area contributed by atoms with Crippen LogP contribution in [-0.4, -0.2) is 41.2 Å². The Bertz CT molecular complexity index is 701. The molecule has 1 saturated heterocycles. The fourth-order valence-corrected chi connectivity index (χ4v) is 4.03. The van der Waals surface area contributed by atoms with E-state index in [4.69, 9.17) is 9.72 Å². The first kappa shape index (κ1) is 20.1. The number of carbonyl (C=O) groups excluding carboxylic acids is 1. The number of carbonyl (C=O) groups is 1. The first-order valence-electron chi connectivity index (χ1n) is 10.0. The number of hydrogen-bond acceptors (Lipinski definition) is 5. The van der Waals surface area contributed by atoms with Crippen molar-refractivity contribution in [2.75, 3.05) is 18.0 Å². The topological polar surface area (TPSA) is 67.4 Å². The van der Waals surface area contributed by atoms with E-state index >= 15 is 0 Å². The largest absolute Gasteiger partial charge is 0.372 e. The van der Waals surface area contributed by atoms with Gasteiger partial charge >= 0.3 is 0 Å². The highest BCUT2D eigenvalue weighted by Gasteiger charge is 2.36. The molecular formula is C21H34N4O2. The van der Waals surface area contributed by atoms with Crippen LogP contribution in [0.4, 0.5) is 5.95 Å². The number of morpholine rings is 1. The zero-order valence-electron chi connectivity index (χ0n) is 17.8. The van der Waals surface area contributed by atoms with Crippen molar-refractivity contribution in [3.63, 3.8) is 0 Å². The Morgan fingerprint density at radius 3 is 2.48 bits per heavy atom. The predicted molar refractivity (Wildman–Crippen MR) is 107 cm³/mol. The Hall–Kier alpha value is -1.69. The van der Waals surface area contributed by atoms with Crippen molar-refractivity contribution in [3.05, 3.63) is 17.5 Å². The molecule has 0 saturated carbocycles. The third-order valence-corrected chi connectivity index (χ3v) is 5.35. The molecule has 6 nitrogen and oxygen atoms in total. The van der Waals surface area contributed by atoms with Gasteiger partial charge in [-0.3, -0.25) is 4.79 Å². The standard InChI is InChI=1S/C21H34N4O2/c1-13-11-25(12-14(2)27-13)19-22-10-15-16(23-18(26)20(3,4)5)8-21(6,7)9-17(15)24-19/h10,13-14,16H,8-9,11-12H2,1-7H3,(H,23,26)/t13-,14+,16-/m0/s1. The van der Waals surface area contributed by atoms with Gasteiger partial charge in [-0.25, -0.2) is 9.97 Å². The van der Waals surface area contributed by atoms with Crippen LogP contribution in [0.15, 0.2) is 6.20 Å². The normalized spacial score (nSPS) is 27.8. The summed E-state index contributed by atoms with van der Waals surface area (Å²) in [5.41, 5.74) is 1.79. The summed E-state index contributed by atoms with van der Waals surface area (Å²) in [5.74, 6) is 0.838. The summed E-state index contributed by atoms with van der Waals surface area (Å²) in [4.78, 5) is 24.4. The van der Waals surface area contributed by atoms with Gasteiger partial charge < -0.3 is 15.0 Å². The molecular weight excluding hydrogens is 340 g/mol. The molecule has 3 rings (SSSR count). The lowest BCUT2D eigenvalue weighted by atomic mass is 9.74. The van der Waals surface area contributed by atoms with Crippen LogP contribution >= 0.6 is 0 Å². The number of nitrogens with zero attached hydrogens (tertiary/aromatic N) is 3. The molecule has 1 N–H and O–H groups in total. The summed E-state index contributed by atoms with van der Waals surface area (Å²) in [7, 11) is 0. The molecule has 1 amide bonds. The molecule has 1 aromatic rings. The van der Waals surface area contributed by atoms with Crippen LogP contribution in [0.5, 0.6) is 0 Å². The highest BCUT2D eigenvalue weighted by molar-refractivity contribution is 5.81. The van der Waals surface area contributed by atoms with Crippen molar-refractivity contribution in [1.82, 2.24) is 15.3 Å². The van der Waals surface area contributed by atoms with Crippen LogP contribution in [-0.2, 0) is 16.0 Å². The van der Waals surface area contributed by atoms with Crippen molar-refractivity contribution >= 4 is 11.9 Å². The molecule has 6 heteroatoms. The highest BCUT2D eigenvalue weighted by atomic mass is 16.5. The van der Waals surface area contributed by atoms with Crippen molar-refractivity contribution < 1.29 is 9.53 Å². The maximum absolute atomic E-state index is 12.6. The molecule has 2 aliphatic rings. The molecule has 0 spiro atoms. The molecule has 0 bridgehead atoms. The Labute approximate surface area is 163 Å². The van der Waals surface area contributed by atoms with E-state index in [0.29, 0.717) is 0 Å². The molecule has 0 radical (unpaired) electrons. The molecule has 1 aromatic heterocycles. The van der Waals surface area contributed by atoms with Gasteiger partial charge in [-0.15, -0.1) is 0 Å². The van der Waals surface area contributed by atoms with E-state index in [-0.39, 0.29) is 29.6 Å². The van der Waals surface area contributed by atoms with E-state index in [1.165, 1.54) is 0 Å². The predicted octanol–water partition coefficient (Wildman–Crippen LogP) is 3.27. The number of rotatable bonds is 2. The summed E-state index contributed by atoms with van der Waals surface area (Å²) in [5, 5.41) is 3.23. The molecule has 1 fully saturated rings. The maximum atomic E-state index is 12.6. The first-order chi connectivity index (χ1) is 12.4. The SMILES string of the molecule is C[C@@H]1CN(c2ncc3c(n2)CC(C)(C)C[C@@H]3NC(=O)C(C)(C)C)C[C@H](C)O1. The third kappa shape index (κ3) is 4.60. The lowest BCUT2D eigenvalue weighted by molar-refractivity contribution is -0.129. The zero-order valence-corrected chi connectivity index (χ0v) is 17.8. The molecule has 27 heavy (non-hydrogen) atoms. The Morgan fingerprint density at radius 2 is 1.89 bits per heavy atom. The minimum absolute atomic E-state index is 0.0351. The van der Waals surface area contributed by atoms with Gasteiger partial charge in [0.15, 0.2) is 0 Å². The lowest BCUT2D eigenvalue weighted by Crippen LogP contribution is -2.46. The van der Waals surface area contributed by atoms with Gasteiger partial charge in [0.05, 0.1) is 23.9 Å². The number of nitrogens with one attached hydrogen (secondary N) is 1. The van der Waals surface area contributed by atoms with Crippen LogP contribution in [0, 0.1) is 10.8 Å². The smallest absolute Gasteiger partial charge is 0.225 e. The van der Waals surface area contributed by atoms with Crippen molar-refractivity contribution in [1.29, 1.82) is 0 Å². The van der Waals surface area contributed by atoms with Crippen LogP contribution in [0.3, 0.4) is 0 Å². The monoisotopic (exact) mass is 374 g/mol. The van der Waals surface area contributed by atoms with Gasteiger partial charge in [0.2, 0.25) is 11.9 Å². The number of aromatic nitrogens is 2. The zero-order chi connectivity index (χ0) is 20.0. The molecule has 1 aliphatic carbocycles. The van der Waals surface area contributed by atoms with Crippen LogP contribution < -0.4 is 10.2 Å². The second-order valence-corrected chi connectivity index (χ2v) is 10.1. The number of ether oxygens (including phenoxy) is 1. The average Bonchev–Trinajstić information content (AvgIpc) is 2.51. The average molecular weight is 375 g/mol. The van der Waals surface area contributed by atoms with Gasteiger partial charge in [0.1, 0.15) is 0 Å². The number of anilines is 1. The first-order valence-corrected chi connectivity index (χ1v) is 10.0. The van der Waals surface area contributed by atoms with E-state index in [9.17, 15) is 4.79 Å². The summed E-state index contributed by atoms with van der Waals surface area (Å²) in [6, 6.07) is -0.0351. The molecule has 1 aliphatic heterocycles. The Morgan fingerprint density at radius 1 is 1.26 bits per heavy atom. The molecule has 0 unspecified atom stereocenters. The number of amides is 1. The van der Waals surface area contributed by atoms with E-state index in [1.807, 2.05) is 27.0 Å². The highest BCUT2D eigenvalue weighted by Crippen LogP contribution is 2.40. The van der Waals surface area contributed by atoms with Crippen LogP contribution in [0.2, 0.25) is 0 Å². The Balaban J connectivity index is 1.88. The second kappa shape index (κ2) is 7.04. The van der Waals surface area contributed by atoms with Crippen molar-refractivity contribution in [2.45, 2.75) is 79.6 Å². The van der Waals surface area contributed by atoms with Gasteiger partial charge in [-0.05, 0) is 32.1 Å².